The van der Waals surface area contributed by atoms with Crippen molar-refractivity contribution in [3.63, 3.8) is 0 Å². The zero-order chi connectivity index (χ0) is 8.10. The highest BCUT2D eigenvalue weighted by molar-refractivity contribution is 5.76. The molecule has 0 unspecified atom stereocenters. The zero-order valence-electron chi connectivity index (χ0n) is 6.72. The number of carbonyl (C=O) groups is 1. The van der Waals surface area contributed by atoms with E-state index in [1.165, 1.54) is 20.0 Å². The van der Waals surface area contributed by atoms with E-state index in [0.717, 1.165) is 12.5 Å². The highest BCUT2D eigenvalue weighted by Gasteiger charge is 2.20. The summed E-state index contributed by atoms with van der Waals surface area (Å²) >= 11 is 0. The lowest BCUT2D eigenvalue weighted by Gasteiger charge is -2.02. The van der Waals surface area contributed by atoms with Crippen LogP contribution in [0.3, 0.4) is 0 Å². The van der Waals surface area contributed by atoms with Gasteiger partial charge in [0.15, 0.2) is 0 Å². The third-order valence-corrected chi connectivity index (χ3v) is 1.63. The van der Waals surface area contributed by atoms with Crippen LogP contribution in [0.1, 0.15) is 12.8 Å². The minimum atomic E-state index is -0.117. The van der Waals surface area contributed by atoms with Crippen molar-refractivity contribution in [1.29, 1.82) is 0 Å². The third-order valence-electron chi connectivity index (χ3n) is 1.63. The molecule has 0 aromatic rings. The molecule has 0 spiro atoms. The highest BCUT2D eigenvalue weighted by atomic mass is 16.6. The first-order chi connectivity index (χ1) is 5.33. The van der Waals surface area contributed by atoms with E-state index in [4.69, 9.17) is 0 Å². The summed E-state index contributed by atoms with van der Waals surface area (Å²) < 4.78 is 0. The van der Waals surface area contributed by atoms with Crippen molar-refractivity contribution >= 4 is 5.91 Å². The molecule has 0 heterocycles. The summed E-state index contributed by atoms with van der Waals surface area (Å²) in [6.45, 7) is 1.31. The van der Waals surface area contributed by atoms with E-state index in [0.29, 0.717) is 6.54 Å². The monoisotopic (exact) mass is 158 g/mol. The molecule has 1 aliphatic carbocycles. The summed E-state index contributed by atoms with van der Waals surface area (Å²) in [7, 11) is 1.43. The van der Waals surface area contributed by atoms with Crippen molar-refractivity contribution in [2.75, 3.05) is 20.2 Å². The van der Waals surface area contributed by atoms with Gasteiger partial charge >= 0.3 is 0 Å². The van der Waals surface area contributed by atoms with Gasteiger partial charge in [-0.05, 0) is 25.3 Å². The molecule has 4 heteroatoms. The average Bonchev–Trinajstić information content (AvgIpc) is 2.72. The van der Waals surface area contributed by atoms with Gasteiger partial charge in [0.25, 0.3) is 5.91 Å². The minimum Gasteiger partial charge on any atom is -0.308 e. The van der Waals surface area contributed by atoms with Crippen LogP contribution in [0.2, 0.25) is 0 Å². The van der Waals surface area contributed by atoms with Crippen LogP contribution >= 0.6 is 0 Å². The molecule has 0 saturated heterocycles. The Morgan fingerprint density at radius 2 is 2.36 bits per heavy atom. The molecule has 0 atom stereocenters. The van der Waals surface area contributed by atoms with Gasteiger partial charge in [-0.1, -0.05) is 0 Å². The lowest BCUT2D eigenvalue weighted by Crippen LogP contribution is -2.33. The lowest BCUT2D eigenvalue weighted by molar-refractivity contribution is -0.130. The summed E-state index contributed by atoms with van der Waals surface area (Å²) in [5, 5.41) is 3.04. The predicted molar refractivity (Wildman–Crippen MR) is 40.7 cm³/mol. The van der Waals surface area contributed by atoms with Gasteiger partial charge in [-0.2, -0.15) is 0 Å². The molecule has 4 nitrogen and oxygen atoms in total. The maximum Gasteiger partial charge on any atom is 0.257 e. The van der Waals surface area contributed by atoms with Gasteiger partial charge in [-0.25, -0.2) is 5.48 Å². The Balaban J connectivity index is 1.88. The number of hydroxylamine groups is 1. The molecule has 0 aliphatic heterocycles. The van der Waals surface area contributed by atoms with Crippen molar-refractivity contribution in [3.8, 4) is 0 Å². The molecular formula is C7H14N2O2. The van der Waals surface area contributed by atoms with Crippen LogP contribution in [-0.4, -0.2) is 26.1 Å². The van der Waals surface area contributed by atoms with Gasteiger partial charge in [0, 0.05) is 0 Å². The molecule has 0 bridgehead atoms. The molecule has 1 aliphatic rings. The van der Waals surface area contributed by atoms with Crippen molar-refractivity contribution in [3.05, 3.63) is 0 Å². The number of nitrogens with one attached hydrogen (secondary N) is 2. The van der Waals surface area contributed by atoms with Gasteiger partial charge in [0.1, 0.15) is 0 Å². The Kier molecular flexibility index (Phi) is 3.32. The topological polar surface area (TPSA) is 50.4 Å². The number of carbonyl (C=O) groups excluding carboxylic acids is 1. The van der Waals surface area contributed by atoms with E-state index in [9.17, 15) is 4.79 Å². The van der Waals surface area contributed by atoms with Crippen LogP contribution < -0.4 is 10.8 Å². The second-order valence-electron chi connectivity index (χ2n) is 2.80. The first kappa shape index (κ1) is 8.49. The van der Waals surface area contributed by atoms with Crippen LogP contribution in [-0.2, 0) is 9.63 Å². The molecule has 1 fully saturated rings. The van der Waals surface area contributed by atoms with Gasteiger partial charge in [0.05, 0.1) is 13.7 Å². The fraction of sp³-hybridized carbons (Fsp3) is 0.857. The van der Waals surface area contributed by atoms with Gasteiger partial charge in [-0.3, -0.25) is 9.63 Å². The lowest BCUT2D eigenvalue weighted by atomic mass is 10.4. The maximum absolute atomic E-state index is 10.7. The van der Waals surface area contributed by atoms with Crippen LogP contribution in [0.25, 0.3) is 0 Å². The summed E-state index contributed by atoms with van der Waals surface area (Å²) in [5.74, 6) is 0.693. The summed E-state index contributed by atoms with van der Waals surface area (Å²) in [4.78, 5) is 15.2. The molecule has 0 radical (unpaired) electrons. The summed E-state index contributed by atoms with van der Waals surface area (Å²) in [6.07, 6.45) is 2.61. The van der Waals surface area contributed by atoms with Crippen LogP contribution in [0.5, 0.6) is 0 Å². The molecule has 1 saturated carbocycles. The van der Waals surface area contributed by atoms with Gasteiger partial charge < -0.3 is 5.32 Å². The van der Waals surface area contributed by atoms with Crippen molar-refractivity contribution < 1.29 is 9.63 Å². The minimum absolute atomic E-state index is 0.117. The Bertz CT molecular complexity index is 134. The molecule has 2 N–H and O–H groups in total. The number of hydrogen-bond acceptors (Lipinski definition) is 3. The maximum atomic E-state index is 10.7. The van der Waals surface area contributed by atoms with E-state index in [1.807, 2.05) is 0 Å². The van der Waals surface area contributed by atoms with E-state index in [1.54, 1.807) is 0 Å². The highest BCUT2D eigenvalue weighted by Crippen LogP contribution is 2.27. The molecule has 0 aromatic carbocycles. The summed E-state index contributed by atoms with van der Waals surface area (Å²) in [5.41, 5.74) is 2.24. The third kappa shape index (κ3) is 3.95. The standard InChI is InChI=1S/C7H14N2O2/c1-11-9-7(10)5-8-4-6-2-3-6/h6,8H,2-5H2,1H3,(H,9,10). The molecule has 1 amide bonds. The molecule has 1 rings (SSSR count). The van der Waals surface area contributed by atoms with Gasteiger partial charge in [0.2, 0.25) is 0 Å². The molecule has 11 heavy (non-hydrogen) atoms. The smallest absolute Gasteiger partial charge is 0.257 e. The van der Waals surface area contributed by atoms with E-state index >= 15 is 0 Å². The predicted octanol–water partition coefficient (Wildman–Crippen LogP) is -0.336. The Morgan fingerprint density at radius 3 is 2.91 bits per heavy atom. The second-order valence-corrected chi connectivity index (χ2v) is 2.80. The van der Waals surface area contributed by atoms with E-state index < -0.39 is 0 Å². The molecular weight excluding hydrogens is 144 g/mol. The normalized spacial score (nSPS) is 16.5. The van der Waals surface area contributed by atoms with E-state index in [2.05, 4.69) is 15.6 Å². The fourth-order valence-corrected chi connectivity index (χ4v) is 0.862. The van der Waals surface area contributed by atoms with Crippen LogP contribution in [0.15, 0.2) is 0 Å². The average molecular weight is 158 g/mol. The van der Waals surface area contributed by atoms with Gasteiger partial charge in [-0.15, -0.1) is 0 Å². The fourth-order valence-electron chi connectivity index (χ4n) is 0.862. The number of rotatable bonds is 5. The quantitative estimate of drug-likeness (QED) is 0.538. The Hall–Kier alpha value is -0.610. The van der Waals surface area contributed by atoms with Crippen molar-refractivity contribution in [2.45, 2.75) is 12.8 Å². The Morgan fingerprint density at radius 1 is 1.64 bits per heavy atom. The first-order valence-corrected chi connectivity index (χ1v) is 3.85. The van der Waals surface area contributed by atoms with Crippen LogP contribution in [0, 0.1) is 5.92 Å². The molecule has 0 aromatic heterocycles. The summed E-state index contributed by atoms with van der Waals surface area (Å²) in [6, 6.07) is 0. The van der Waals surface area contributed by atoms with E-state index in [-0.39, 0.29) is 5.91 Å². The van der Waals surface area contributed by atoms with Crippen molar-refractivity contribution in [1.82, 2.24) is 10.8 Å². The van der Waals surface area contributed by atoms with Crippen molar-refractivity contribution in [2.24, 2.45) is 5.92 Å². The zero-order valence-corrected chi connectivity index (χ0v) is 6.72. The second kappa shape index (κ2) is 4.31. The number of hydrogen-bond donors (Lipinski definition) is 2. The molecule has 64 valence electrons. The first-order valence-electron chi connectivity index (χ1n) is 3.85. The Labute approximate surface area is 66.3 Å². The largest absolute Gasteiger partial charge is 0.308 e. The van der Waals surface area contributed by atoms with Crippen LogP contribution in [0.4, 0.5) is 0 Å². The SMILES string of the molecule is CONC(=O)CNCC1CC1. The number of amides is 1.